The van der Waals surface area contributed by atoms with Crippen molar-refractivity contribution >= 4 is 40.8 Å². The minimum absolute atomic E-state index is 0.133. The molecule has 0 aliphatic rings. The predicted octanol–water partition coefficient (Wildman–Crippen LogP) is 4.56. The predicted molar refractivity (Wildman–Crippen MR) is 167 cm³/mol. The van der Waals surface area contributed by atoms with E-state index in [-0.39, 0.29) is 34.3 Å². The second-order valence-electron chi connectivity index (χ2n) is 11.8. The summed E-state index contributed by atoms with van der Waals surface area (Å²) < 4.78 is 8.88. The number of hydrogen-bond donors (Lipinski definition) is 6. The van der Waals surface area contributed by atoms with E-state index >= 15 is 0 Å². The van der Waals surface area contributed by atoms with Gasteiger partial charge in [0.05, 0.1) is 24.2 Å². The first-order valence-electron chi connectivity index (χ1n) is 13.0. The molecule has 220 valence electrons. The highest BCUT2D eigenvalue weighted by Gasteiger charge is 2.25. The van der Waals surface area contributed by atoms with E-state index in [1.54, 1.807) is 25.3 Å². The molecule has 0 saturated heterocycles. The molecule has 10 nitrogen and oxygen atoms in total. The van der Waals surface area contributed by atoms with Crippen LogP contribution in [0.4, 0.5) is 17.1 Å². The third-order valence-corrected chi connectivity index (χ3v) is 7.20. The van der Waals surface area contributed by atoms with Crippen molar-refractivity contribution in [2.75, 3.05) is 28.4 Å². The quantitative estimate of drug-likeness (QED) is 0.110. The van der Waals surface area contributed by atoms with Crippen LogP contribution in [0.1, 0.15) is 70.0 Å². The number of methoxy groups -OCH3 is 1. The van der Waals surface area contributed by atoms with Crippen molar-refractivity contribution in [3.05, 3.63) is 58.5 Å². The molecule has 2 aromatic rings. The van der Waals surface area contributed by atoms with Gasteiger partial charge in [-0.15, -0.1) is 0 Å². The molecule has 40 heavy (non-hydrogen) atoms. The average molecular weight is 572 g/mol. The molecule has 0 fully saturated rings. The standard InChI is InChI=1S/C29H45N7O3S/c1-16-11-12-18(13-22(16)36(32)25(31)23(30)27(38)33-17(2)28(3,4)5)26(37)34-20-14-19(29(6,7)8)15-21(35-40-10)24(20)39-9/h11-15,17,35H,30-32H2,1-10H3,(H,33,38)(H,34,37)/b25-23-. The second kappa shape index (κ2) is 12.7. The smallest absolute Gasteiger partial charge is 0.271 e. The normalized spacial score (nSPS) is 13.2. The van der Waals surface area contributed by atoms with Crippen LogP contribution in [-0.4, -0.2) is 31.2 Å². The molecule has 1 unspecified atom stereocenters. The lowest BCUT2D eigenvalue weighted by atomic mass is 9.86. The molecule has 2 rings (SSSR count). The molecule has 0 heterocycles. The molecule has 9 N–H and O–H groups in total. The molecule has 2 amide bonds. The van der Waals surface area contributed by atoms with Crippen LogP contribution in [0.15, 0.2) is 41.8 Å². The van der Waals surface area contributed by atoms with E-state index in [0.717, 1.165) is 21.8 Å². The number of benzene rings is 2. The summed E-state index contributed by atoms with van der Waals surface area (Å²) >= 11 is 1.43. The van der Waals surface area contributed by atoms with E-state index in [4.69, 9.17) is 22.0 Å². The zero-order chi connectivity index (χ0) is 30.6. The number of hydrazine groups is 1. The largest absolute Gasteiger partial charge is 0.492 e. The number of nitrogens with two attached hydrogens (primary N) is 3. The number of nitrogens with zero attached hydrogens (tertiary/aromatic N) is 1. The summed E-state index contributed by atoms with van der Waals surface area (Å²) in [7, 11) is 1.56. The molecule has 1 atom stereocenters. The topological polar surface area (TPSA) is 161 Å². The van der Waals surface area contributed by atoms with Crippen molar-refractivity contribution in [3.63, 3.8) is 0 Å². The Hall–Kier alpha value is -3.57. The van der Waals surface area contributed by atoms with Crippen molar-refractivity contribution in [1.82, 2.24) is 5.32 Å². The molecule has 0 aliphatic carbocycles. The van der Waals surface area contributed by atoms with Gasteiger partial charge in [-0.2, -0.15) is 0 Å². The monoisotopic (exact) mass is 571 g/mol. The maximum Gasteiger partial charge on any atom is 0.271 e. The zero-order valence-electron chi connectivity index (χ0n) is 25.3. The fourth-order valence-corrected chi connectivity index (χ4v) is 4.00. The second-order valence-corrected chi connectivity index (χ2v) is 12.5. The van der Waals surface area contributed by atoms with Crippen molar-refractivity contribution in [1.29, 1.82) is 0 Å². The molecular weight excluding hydrogens is 526 g/mol. The van der Waals surface area contributed by atoms with Crippen molar-refractivity contribution in [3.8, 4) is 5.75 Å². The fourth-order valence-electron chi connectivity index (χ4n) is 3.63. The lowest BCUT2D eigenvalue weighted by molar-refractivity contribution is -0.118. The van der Waals surface area contributed by atoms with Crippen LogP contribution < -0.4 is 42.4 Å². The van der Waals surface area contributed by atoms with Gasteiger partial charge in [0.2, 0.25) is 0 Å². The van der Waals surface area contributed by atoms with Gasteiger partial charge in [-0.25, -0.2) is 5.84 Å². The Kier molecular flexibility index (Phi) is 10.4. The van der Waals surface area contributed by atoms with E-state index in [1.807, 2.05) is 53.0 Å². The number of rotatable bonds is 9. The third kappa shape index (κ3) is 7.76. The first-order chi connectivity index (χ1) is 18.4. The van der Waals surface area contributed by atoms with Crippen LogP contribution in [0, 0.1) is 12.3 Å². The Balaban J connectivity index is 2.44. The molecular formula is C29H45N7O3S. The van der Waals surface area contributed by atoms with Gasteiger partial charge in [0.15, 0.2) is 5.75 Å². The van der Waals surface area contributed by atoms with Gasteiger partial charge in [0, 0.05) is 17.9 Å². The van der Waals surface area contributed by atoms with Gasteiger partial charge >= 0.3 is 0 Å². The summed E-state index contributed by atoms with van der Waals surface area (Å²) in [6, 6.07) is 8.79. The third-order valence-electron chi connectivity index (χ3n) is 6.78. The maximum atomic E-state index is 13.4. The summed E-state index contributed by atoms with van der Waals surface area (Å²) in [6.45, 7) is 16.0. The highest BCUT2D eigenvalue weighted by molar-refractivity contribution is 7.99. The van der Waals surface area contributed by atoms with Gasteiger partial charge in [0.25, 0.3) is 11.8 Å². The van der Waals surface area contributed by atoms with Crippen molar-refractivity contribution < 1.29 is 14.3 Å². The zero-order valence-corrected chi connectivity index (χ0v) is 26.1. The van der Waals surface area contributed by atoms with Gasteiger partial charge in [-0.05, 0) is 60.1 Å². The molecule has 0 saturated carbocycles. The number of ether oxygens (including phenoxy) is 1. The van der Waals surface area contributed by atoms with Gasteiger partial charge < -0.3 is 31.6 Å². The SMILES string of the molecule is COc1c(NSC)cc(C(C)(C)C)cc1NC(=O)c1ccc(C)c(N(N)/C(N)=C(\N)C(=O)NC(C)C(C)(C)C)c1. The van der Waals surface area contributed by atoms with Crippen LogP contribution in [0.5, 0.6) is 5.75 Å². The average Bonchev–Trinajstić information content (AvgIpc) is 2.86. The van der Waals surface area contributed by atoms with Crippen LogP contribution in [0.3, 0.4) is 0 Å². The van der Waals surface area contributed by atoms with Crippen LogP contribution in [0.25, 0.3) is 0 Å². The number of aryl methyl sites for hydroxylation is 1. The van der Waals surface area contributed by atoms with Gasteiger partial charge in [-0.1, -0.05) is 59.6 Å². The molecule has 0 aromatic heterocycles. The van der Waals surface area contributed by atoms with Crippen LogP contribution in [-0.2, 0) is 10.2 Å². The molecule has 0 spiro atoms. The van der Waals surface area contributed by atoms with E-state index in [2.05, 4.69) is 36.1 Å². The van der Waals surface area contributed by atoms with Crippen molar-refractivity contribution in [2.45, 2.75) is 66.8 Å². The number of hydrogen-bond acceptors (Lipinski definition) is 9. The van der Waals surface area contributed by atoms with E-state index in [0.29, 0.717) is 22.7 Å². The first-order valence-corrected chi connectivity index (χ1v) is 14.2. The summed E-state index contributed by atoms with van der Waals surface area (Å²) in [6.07, 6.45) is 1.91. The summed E-state index contributed by atoms with van der Waals surface area (Å²) in [5.74, 6) is 5.79. The molecule has 0 radical (unpaired) electrons. The Morgan fingerprint density at radius 2 is 1.62 bits per heavy atom. The molecule has 2 aromatic carbocycles. The van der Waals surface area contributed by atoms with Crippen LogP contribution >= 0.6 is 11.9 Å². The Morgan fingerprint density at radius 3 is 2.15 bits per heavy atom. The Labute approximate surface area is 242 Å². The first kappa shape index (κ1) is 32.6. The number of anilines is 3. The Morgan fingerprint density at radius 1 is 1.02 bits per heavy atom. The van der Waals surface area contributed by atoms with E-state index in [1.165, 1.54) is 11.9 Å². The van der Waals surface area contributed by atoms with E-state index < -0.39 is 5.91 Å². The van der Waals surface area contributed by atoms with Gasteiger partial charge in [0.1, 0.15) is 11.5 Å². The highest BCUT2D eigenvalue weighted by Crippen LogP contribution is 2.39. The van der Waals surface area contributed by atoms with Crippen LogP contribution in [0.2, 0.25) is 0 Å². The number of amides is 2. The molecule has 0 bridgehead atoms. The highest BCUT2D eigenvalue weighted by atomic mass is 32.2. The summed E-state index contributed by atoms with van der Waals surface area (Å²) in [4.78, 5) is 26.2. The number of carbonyl (C=O) groups is 2. The Bertz CT molecular complexity index is 1280. The fraction of sp³-hybridized carbons (Fsp3) is 0.448. The summed E-state index contributed by atoms with van der Waals surface area (Å²) in [5.41, 5.74) is 15.5. The van der Waals surface area contributed by atoms with E-state index in [9.17, 15) is 9.59 Å². The van der Waals surface area contributed by atoms with Crippen molar-refractivity contribution in [2.24, 2.45) is 22.7 Å². The maximum absolute atomic E-state index is 13.4. The lowest BCUT2D eigenvalue weighted by Gasteiger charge is -2.29. The molecule has 11 heteroatoms. The number of carbonyl (C=O) groups excluding carboxylic acids is 2. The molecule has 0 aliphatic heterocycles. The number of nitrogens with one attached hydrogen (secondary N) is 3. The summed E-state index contributed by atoms with van der Waals surface area (Å²) in [5, 5.41) is 6.94. The van der Waals surface area contributed by atoms with Gasteiger partial charge in [-0.3, -0.25) is 14.6 Å². The minimum Gasteiger partial charge on any atom is -0.492 e. The minimum atomic E-state index is -0.526. The lowest BCUT2D eigenvalue weighted by Crippen LogP contribution is -2.46.